The van der Waals surface area contributed by atoms with Crippen LogP contribution in [0.2, 0.25) is 0 Å². The molecule has 3 rings (SSSR count). The molecule has 0 spiro atoms. The molecule has 3 N–H and O–H groups in total. The maximum atomic E-state index is 12.7. The van der Waals surface area contributed by atoms with Gasteiger partial charge in [0.05, 0.1) is 12.1 Å². The number of halogens is 1. The van der Waals surface area contributed by atoms with Crippen molar-refractivity contribution in [3.05, 3.63) is 0 Å². The Morgan fingerprint density at radius 1 is 1.11 bits per heavy atom. The highest BCUT2D eigenvalue weighted by molar-refractivity contribution is 5.85. The molecule has 2 amide bonds. The third-order valence-electron chi connectivity index (χ3n) is 6.78. The zero-order chi connectivity index (χ0) is 19.2. The minimum atomic E-state index is -0.0839. The van der Waals surface area contributed by atoms with Crippen LogP contribution in [0.1, 0.15) is 65.2 Å². The van der Waals surface area contributed by atoms with Gasteiger partial charge >= 0.3 is 0 Å². The average molecular weight is 415 g/mol. The van der Waals surface area contributed by atoms with Crippen LogP contribution in [0.15, 0.2) is 0 Å². The Bertz CT molecular complexity index is 505. The first-order valence-electron chi connectivity index (χ1n) is 11.1. The Kier molecular flexibility index (Phi) is 9.51. The van der Waals surface area contributed by atoms with Crippen molar-refractivity contribution in [1.82, 2.24) is 20.9 Å². The van der Waals surface area contributed by atoms with Gasteiger partial charge in [-0.15, -0.1) is 12.4 Å². The van der Waals surface area contributed by atoms with E-state index in [1.54, 1.807) is 0 Å². The van der Waals surface area contributed by atoms with E-state index in [1.165, 1.54) is 12.8 Å². The second-order valence-electron chi connectivity index (χ2n) is 9.04. The van der Waals surface area contributed by atoms with Gasteiger partial charge in [0.25, 0.3) is 0 Å². The van der Waals surface area contributed by atoms with Crippen LogP contribution < -0.4 is 16.0 Å². The predicted molar refractivity (Wildman–Crippen MR) is 115 cm³/mol. The number of rotatable bonds is 6. The SMILES string of the molecule is CC1CCC(NC(=O)C(C)N2CCCC(CNC(=O)C3CCCN3)C2)CC1.Cl. The molecule has 28 heavy (non-hydrogen) atoms. The van der Waals surface area contributed by atoms with Gasteiger partial charge in [-0.05, 0) is 83.2 Å². The van der Waals surface area contributed by atoms with Crippen LogP contribution in [-0.4, -0.2) is 61.0 Å². The van der Waals surface area contributed by atoms with Crippen molar-refractivity contribution in [2.24, 2.45) is 11.8 Å². The number of carbonyl (C=O) groups is 2. The van der Waals surface area contributed by atoms with Gasteiger partial charge in [0.2, 0.25) is 11.8 Å². The number of piperidine rings is 1. The monoisotopic (exact) mass is 414 g/mol. The predicted octanol–water partition coefficient (Wildman–Crippen LogP) is 2.07. The molecule has 0 aromatic heterocycles. The molecule has 0 aromatic rings. The smallest absolute Gasteiger partial charge is 0.237 e. The molecule has 2 heterocycles. The Morgan fingerprint density at radius 2 is 1.86 bits per heavy atom. The molecule has 0 bridgehead atoms. The van der Waals surface area contributed by atoms with E-state index in [-0.39, 0.29) is 36.3 Å². The van der Waals surface area contributed by atoms with E-state index >= 15 is 0 Å². The number of nitrogens with zero attached hydrogens (tertiary/aromatic N) is 1. The molecule has 3 atom stereocenters. The molecule has 162 valence electrons. The second-order valence-corrected chi connectivity index (χ2v) is 9.04. The lowest BCUT2D eigenvalue weighted by molar-refractivity contribution is -0.128. The van der Waals surface area contributed by atoms with Crippen LogP contribution in [0.25, 0.3) is 0 Å². The molecule has 1 aliphatic carbocycles. The summed E-state index contributed by atoms with van der Waals surface area (Å²) in [6, 6.07) is 0.266. The first kappa shape index (κ1) is 23.4. The average Bonchev–Trinajstić information content (AvgIpc) is 3.22. The van der Waals surface area contributed by atoms with Crippen molar-refractivity contribution in [2.75, 3.05) is 26.2 Å². The van der Waals surface area contributed by atoms with Gasteiger partial charge in [0, 0.05) is 19.1 Å². The van der Waals surface area contributed by atoms with Crippen molar-refractivity contribution in [1.29, 1.82) is 0 Å². The van der Waals surface area contributed by atoms with E-state index < -0.39 is 0 Å². The summed E-state index contributed by atoms with van der Waals surface area (Å²) < 4.78 is 0. The van der Waals surface area contributed by atoms with Crippen molar-refractivity contribution < 1.29 is 9.59 Å². The number of carbonyl (C=O) groups excluding carboxylic acids is 2. The van der Waals surface area contributed by atoms with Gasteiger partial charge in [0.1, 0.15) is 0 Å². The summed E-state index contributed by atoms with van der Waals surface area (Å²) in [6.45, 7) is 7.88. The lowest BCUT2D eigenvalue weighted by Gasteiger charge is -2.37. The summed E-state index contributed by atoms with van der Waals surface area (Å²) in [5.74, 6) is 1.55. The quantitative estimate of drug-likeness (QED) is 0.622. The molecular formula is C21H39ClN4O2. The van der Waals surface area contributed by atoms with Crippen LogP contribution in [0.5, 0.6) is 0 Å². The Morgan fingerprint density at radius 3 is 2.54 bits per heavy atom. The molecule has 3 unspecified atom stereocenters. The van der Waals surface area contributed by atoms with Gasteiger partial charge in [-0.3, -0.25) is 14.5 Å². The molecule has 2 saturated heterocycles. The van der Waals surface area contributed by atoms with Crippen LogP contribution in [0.3, 0.4) is 0 Å². The first-order valence-corrected chi connectivity index (χ1v) is 11.1. The molecule has 1 saturated carbocycles. The van der Waals surface area contributed by atoms with E-state index in [9.17, 15) is 9.59 Å². The number of hydrogen-bond donors (Lipinski definition) is 3. The molecular weight excluding hydrogens is 376 g/mol. The van der Waals surface area contributed by atoms with Gasteiger partial charge in [0.15, 0.2) is 0 Å². The fourth-order valence-corrected chi connectivity index (χ4v) is 4.78. The van der Waals surface area contributed by atoms with E-state index in [2.05, 4.69) is 27.8 Å². The van der Waals surface area contributed by atoms with Gasteiger partial charge in [-0.1, -0.05) is 6.92 Å². The molecule has 0 aromatic carbocycles. The molecule has 6 nitrogen and oxygen atoms in total. The lowest BCUT2D eigenvalue weighted by Crippen LogP contribution is -2.53. The molecule has 0 radical (unpaired) electrons. The molecule has 3 fully saturated rings. The van der Waals surface area contributed by atoms with Crippen molar-refractivity contribution in [3.63, 3.8) is 0 Å². The standard InChI is InChI=1S/C21H38N4O2.ClH/c1-15-7-9-18(10-8-15)24-20(26)16(2)25-12-4-5-17(14-25)13-23-21(27)19-6-3-11-22-19;/h15-19,22H,3-14H2,1-2H3,(H,23,27)(H,24,26);1H. The zero-order valence-electron chi connectivity index (χ0n) is 17.5. The lowest BCUT2D eigenvalue weighted by atomic mass is 9.87. The summed E-state index contributed by atoms with van der Waals surface area (Å²) in [5, 5.41) is 9.66. The largest absolute Gasteiger partial charge is 0.354 e. The van der Waals surface area contributed by atoms with Crippen LogP contribution >= 0.6 is 12.4 Å². The number of hydrogen-bond acceptors (Lipinski definition) is 4. The molecule has 7 heteroatoms. The second kappa shape index (κ2) is 11.4. The van der Waals surface area contributed by atoms with E-state index in [0.717, 1.165) is 70.6 Å². The normalized spacial score (nSPS) is 32.2. The summed E-state index contributed by atoms with van der Waals surface area (Å²) >= 11 is 0. The summed E-state index contributed by atoms with van der Waals surface area (Å²) in [4.78, 5) is 27.2. The Hall–Kier alpha value is -0.850. The van der Waals surface area contributed by atoms with Crippen molar-refractivity contribution in [3.8, 4) is 0 Å². The van der Waals surface area contributed by atoms with E-state index in [0.29, 0.717) is 12.0 Å². The number of likely N-dealkylation sites (tertiary alicyclic amines) is 1. The molecule has 3 aliphatic rings. The summed E-state index contributed by atoms with van der Waals surface area (Å²) in [6.07, 6.45) is 8.93. The van der Waals surface area contributed by atoms with Crippen molar-refractivity contribution >= 4 is 24.2 Å². The fraction of sp³-hybridized carbons (Fsp3) is 0.905. The third kappa shape index (κ3) is 6.60. The Balaban J connectivity index is 0.00000280. The maximum Gasteiger partial charge on any atom is 0.237 e. The first-order chi connectivity index (χ1) is 13.0. The minimum Gasteiger partial charge on any atom is -0.354 e. The maximum absolute atomic E-state index is 12.7. The highest BCUT2D eigenvalue weighted by atomic mass is 35.5. The van der Waals surface area contributed by atoms with Crippen LogP contribution in [-0.2, 0) is 9.59 Å². The van der Waals surface area contributed by atoms with Gasteiger partial charge in [-0.25, -0.2) is 0 Å². The number of amides is 2. The van der Waals surface area contributed by atoms with Crippen LogP contribution in [0.4, 0.5) is 0 Å². The highest BCUT2D eigenvalue weighted by Crippen LogP contribution is 2.24. The van der Waals surface area contributed by atoms with Crippen molar-refractivity contribution in [2.45, 2.75) is 83.3 Å². The Labute approximate surface area is 176 Å². The zero-order valence-corrected chi connectivity index (χ0v) is 18.4. The van der Waals surface area contributed by atoms with E-state index in [1.807, 2.05) is 6.92 Å². The fourth-order valence-electron chi connectivity index (χ4n) is 4.78. The topological polar surface area (TPSA) is 73.5 Å². The summed E-state index contributed by atoms with van der Waals surface area (Å²) in [5.41, 5.74) is 0. The van der Waals surface area contributed by atoms with E-state index in [4.69, 9.17) is 0 Å². The third-order valence-corrected chi connectivity index (χ3v) is 6.78. The van der Waals surface area contributed by atoms with Crippen LogP contribution in [0, 0.1) is 11.8 Å². The molecule has 2 aliphatic heterocycles. The number of nitrogens with one attached hydrogen (secondary N) is 3. The van der Waals surface area contributed by atoms with Gasteiger partial charge in [-0.2, -0.15) is 0 Å². The summed E-state index contributed by atoms with van der Waals surface area (Å²) in [7, 11) is 0. The minimum absolute atomic E-state index is 0. The van der Waals surface area contributed by atoms with Gasteiger partial charge < -0.3 is 16.0 Å². The highest BCUT2D eigenvalue weighted by Gasteiger charge is 2.30.